The maximum atomic E-state index is 10.5. The zero-order chi connectivity index (χ0) is 20.3. The Labute approximate surface area is 164 Å². The van der Waals surface area contributed by atoms with Crippen LogP contribution < -0.4 is 0 Å². The van der Waals surface area contributed by atoms with Crippen LogP contribution in [0.5, 0.6) is 0 Å². The van der Waals surface area contributed by atoms with E-state index in [1.807, 2.05) is 0 Å². The lowest BCUT2D eigenvalue weighted by molar-refractivity contribution is -0.606. The van der Waals surface area contributed by atoms with Crippen molar-refractivity contribution in [2.45, 2.75) is 113 Å². The van der Waals surface area contributed by atoms with Crippen molar-refractivity contribution in [3.63, 3.8) is 0 Å². The topological polar surface area (TPSA) is 46.7 Å². The summed E-state index contributed by atoms with van der Waals surface area (Å²) in [6, 6.07) is 1.74. The molecule has 3 aliphatic carbocycles. The molecule has 0 radical (unpaired) electrons. The summed E-state index contributed by atoms with van der Waals surface area (Å²) in [6.07, 6.45) is 16.1. The highest BCUT2D eigenvalue weighted by molar-refractivity contribution is 6.50. The third kappa shape index (κ3) is 5.40. The van der Waals surface area contributed by atoms with Crippen molar-refractivity contribution in [3.05, 3.63) is 0 Å². The molecule has 0 spiro atoms. The molecule has 0 unspecified atom stereocenters. The van der Waals surface area contributed by atoms with Crippen molar-refractivity contribution in [1.82, 2.24) is 4.90 Å². The van der Waals surface area contributed by atoms with Crippen LogP contribution in [0, 0.1) is 0 Å². The summed E-state index contributed by atoms with van der Waals surface area (Å²) >= 11 is 0. The van der Waals surface area contributed by atoms with Crippen molar-refractivity contribution < 1.29 is 32.1 Å². The van der Waals surface area contributed by atoms with Crippen molar-refractivity contribution in [2.24, 2.45) is 0 Å². The van der Waals surface area contributed by atoms with E-state index in [4.69, 9.17) is 0 Å². The summed E-state index contributed by atoms with van der Waals surface area (Å²) in [5, 5.41) is 21.1. The van der Waals surface area contributed by atoms with Gasteiger partial charge < -0.3 is 27.5 Å². The lowest BCUT2D eigenvalue weighted by atomic mass is 9.85. The molecule has 4 aliphatic rings. The lowest BCUT2D eigenvalue weighted by Gasteiger charge is -2.36. The minimum atomic E-state index is -6.00. The van der Waals surface area contributed by atoms with Gasteiger partial charge in [0.15, 0.2) is 0 Å². The molecule has 162 valence electrons. The molecule has 3 fully saturated rings. The van der Waals surface area contributed by atoms with Gasteiger partial charge in [0.05, 0.1) is 12.2 Å². The van der Waals surface area contributed by atoms with Crippen LogP contribution in [0.1, 0.15) is 77.0 Å². The first-order valence-corrected chi connectivity index (χ1v) is 10.9. The van der Waals surface area contributed by atoms with Gasteiger partial charge in [-0.3, -0.25) is 9.48 Å². The Balaban J connectivity index is 0.000000403. The summed E-state index contributed by atoms with van der Waals surface area (Å²) in [4.78, 5) is 2.52. The predicted octanol–water partition coefficient (Wildman–Crippen LogP) is 3.56. The Morgan fingerprint density at radius 1 is 0.679 bits per heavy atom. The molecule has 2 N–H and O–H groups in total. The molecule has 0 aromatic rings. The summed E-state index contributed by atoms with van der Waals surface area (Å²) in [5.41, 5.74) is 0. The van der Waals surface area contributed by atoms with Gasteiger partial charge in [0.1, 0.15) is 24.2 Å². The SMILES string of the molecule is F[B-](F)(F)F.O[C@H]1CCCC[C@@H]1N1C=[N+]([C@H]2CCCC[C@@H]2O)[C@@H]2CCCC[C@H]21. The predicted molar refractivity (Wildman–Crippen MR) is 101 cm³/mol. The molecular weight excluding hydrogens is 375 g/mol. The molecule has 3 saturated carbocycles. The number of nitrogens with zero attached hydrogens (tertiary/aromatic N) is 2. The monoisotopic (exact) mass is 408 g/mol. The Morgan fingerprint density at radius 2 is 1.14 bits per heavy atom. The van der Waals surface area contributed by atoms with E-state index in [1.165, 1.54) is 51.4 Å². The molecular formula is C19H33BF4N2O2. The third-order valence-electron chi connectivity index (χ3n) is 6.88. The zero-order valence-electron chi connectivity index (χ0n) is 16.4. The minimum absolute atomic E-state index is 0.168. The van der Waals surface area contributed by atoms with E-state index >= 15 is 0 Å². The van der Waals surface area contributed by atoms with E-state index in [-0.39, 0.29) is 12.2 Å². The van der Waals surface area contributed by atoms with E-state index in [0.29, 0.717) is 24.2 Å². The Morgan fingerprint density at radius 3 is 1.71 bits per heavy atom. The summed E-state index contributed by atoms with van der Waals surface area (Å²) in [5.74, 6) is 0. The second kappa shape index (κ2) is 9.33. The second-order valence-electron chi connectivity index (χ2n) is 8.76. The Kier molecular flexibility index (Phi) is 7.29. The number of aliphatic hydroxyl groups is 2. The van der Waals surface area contributed by atoms with Crippen LogP contribution in [-0.4, -0.2) is 69.7 Å². The van der Waals surface area contributed by atoms with Crippen LogP contribution in [0.25, 0.3) is 0 Å². The van der Waals surface area contributed by atoms with Gasteiger partial charge in [-0.15, -0.1) is 0 Å². The molecule has 4 rings (SSSR count). The number of aliphatic hydroxyl groups excluding tert-OH is 2. The van der Waals surface area contributed by atoms with Gasteiger partial charge in [0.25, 0.3) is 0 Å². The van der Waals surface area contributed by atoms with Gasteiger partial charge >= 0.3 is 7.25 Å². The van der Waals surface area contributed by atoms with Crippen molar-refractivity contribution in [2.75, 3.05) is 0 Å². The maximum absolute atomic E-state index is 10.5. The van der Waals surface area contributed by atoms with Gasteiger partial charge in [-0.25, -0.2) is 0 Å². The molecule has 0 amide bonds. The Bertz CT molecular complexity index is 543. The zero-order valence-corrected chi connectivity index (χ0v) is 16.4. The molecule has 6 atom stereocenters. The van der Waals surface area contributed by atoms with Crippen LogP contribution in [0.2, 0.25) is 0 Å². The highest BCUT2D eigenvalue weighted by atomic mass is 19.5. The average Bonchev–Trinajstić information content (AvgIpc) is 3.01. The molecule has 9 heteroatoms. The molecule has 4 nitrogen and oxygen atoms in total. The molecule has 28 heavy (non-hydrogen) atoms. The van der Waals surface area contributed by atoms with E-state index in [1.54, 1.807) is 0 Å². The number of rotatable bonds is 2. The van der Waals surface area contributed by atoms with E-state index in [0.717, 1.165) is 25.7 Å². The number of hydrogen-bond acceptors (Lipinski definition) is 3. The van der Waals surface area contributed by atoms with E-state index in [9.17, 15) is 27.5 Å². The Hall–Kier alpha value is -0.825. The molecule has 0 bridgehead atoms. The van der Waals surface area contributed by atoms with Crippen molar-refractivity contribution in [3.8, 4) is 0 Å². The normalized spacial score (nSPS) is 38.9. The van der Waals surface area contributed by atoms with Gasteiger partial charge in [-0.05, 0) is 64.2 Å². The minimum Gasteiger partial charge on any atom is -0.418 e. The standard InChI is InChI=1S/C19H33N2O2.BF4/c22-18-11-5-3-9-16(18)20-13-21(15-8-2-1-7-14(15)20)17-10-4-6-12-19(17)23;2-1(3,4)5/h13-19,22-23H,1-12H2;/q+1;-1/t14-,15-,16+,17+,18+,19+;/m1./s1. The lowest BCUT2D eigenvalue weighted by Crippen LogP contribution is -2.51. The van der Waals surface area contributed by atoms with Crippen LogP contribution >= 0.6 is 0 Å². The molecule has 0 aromatic carbocycles. The fraction of sp³-hybridized carbons (Fsp3) is 0.947. The summed E-state index contributed by atoms with van der Waals surface area (Å²) < 4.78 is 41.5. The van der Waals surface area contributed by atoms with Crippen LogP contribution in [0.15, 0.2) is 0 Å². The third-order valence-corrected chi connectivity index (χ3v) is 6.88. The maximum Gasteiger partial charge on any atom is 0.673 e. The molecule has 0 aromatic heterocycles. The van der Waals surface area contributed by atoms with Crippen molar-refractivity contribution in [1.29, 1.82) is 0 Å². The summed E-state index contributed by atoms with van der Waals surface area (Å²) in [6.45, 7) is 0. The van der Waals surface area contributed by atoms with E-state index < -0.39 is 7.25 Å². The fourth-order valence-electron chi connectivity index (χ4n) is 5.65. The van der Waals surface area contributed by atoms with Gasteiger partial charge in [0, 0.05) is 0 Å². The first-order valence-electron chi connectivity index (χ1n) is 10.9. The van der Waals surface area contributed by atoms with Crippen LogP contribution in [-0.2, 0) is 0 Å². The fourth-order valence-corrected chi connectivity index (χ4v) is 5.65. The largest absolute Gasteiger partial charge is 0.673 e. The number of halogens is 4. The first-order chi connectivity index (χ1) is 13.3. The number of fused-ring (bicyclic) bond motifs is 1. The van der Waals surface area contributed by atoms with Crippen LogP contribution in [0.3, 0.4) is 0 Å². The van der Waals surface area contributed by atoms with Gasteiger partial charge in [-0.2, -0.15) is 0 Å². The van der Waals surface area contributed by atoms with E-state index in [2.05, 4.69) is 15.8 Å². The highest BCUT2D eigenvalue weighted by Crippen LogP contribution is 2.36. The smallest absolute Gasteiger partial charge is 0.418 e. The van der Waals surface area contributed by atoms with Gasteiger partial charge in [-0.1, -0.05) is 12.8 Å². The highest BCUT2D eigenvalue weighted by Gasteiger charge is 2.50. The van der Waals surface area contributed by atoms with Crippen molar-refractivity contribution >= 4 is 13.6 Å². The molecule has 0 saturated heterocycles. The summed E-state index contributed by atoms with van der Waals surface area (Å²) in [7, 11) is -6.00. The first kappa shape index (κ1) is 21.9. The second-order valence-corrected chi connectivity index (χ2v) is 8.76. The van der Waals surface area contributed by atoms with Crippen LogP contribution in [0.4, 0.5) is 17.3 Å². The molecule has 1 heterocycles. The van der Waals surface area contributed by atoms with Gasteiger partial charge in [0.2, 0.25) is 6.34 Å². The number of hydrogen-bond donors (Lipinski definition) is 2. The average molecular weight is 408 g/mol. The molecule has 1 aliphatic heterocycles. The quantitative estimate of drug-likeness (QED) is 0.417.